The van der Waals surface area contributed by atoms with E-state index in [-0.39, 0.29) is 17.4 Å². The van der Waals surface area contributed by atoms with Crippen LogP contribution in [0.5, 0.6) is 0 Å². The molecule has 8 heteroatoms. The highest BCUT2D eigenvalue weighted by atomic mass is 19.1. The molecule has 2 aromatic heterocycles. The summed E-state index contributed by atoms with van der Waals surface area (Å²) in [6, 6.07) is 4.67. The number of anilines is 1. The summed E-state index contributed by atoms with van der Waals surface area (Å²) >= 11 is 0. The first-order chi connectivity index (χ1) is 13.1. The third kappa shape index (κ3) is 2.55. The van der Waals surface area contributed by atoms with Gasteiger partial charge in [-0.1, -0.05) is 6.07 Å². The van der Waals surface area contributed by atoms with Gasteiger partial charge in [-0.15, -0.1) is 0 Å². The van der Waals surface area contributed by atoms with Crippen molar-refractivity contribution in [3.05, 3.63) is 35.9 Å². The van der Waals surface area contributed by atoms with E-state index in [4.69, 9.17) is 5.73 Å². The average molecular weight is 368 g/mol. The Kier molecular flexibility index (Phi) is 3.58. The molecule has 2 fully saturated rings. The third-order valence-corrected chi connectivity index (χ3v) is 6.07. The van der Waals surface area contributed by atoms with Gasteiger partial charge in [-0.05, 0) is 43.4 Å². The maximum absolute atomic E-state index is 14.1. The predicted octanol–water partition coefficient (Wildman–Crippen LogP) is 1.82. The quantitative estimate of drug-likeness (QED) is 0.684. The second-order valence-electron chi connectivity index (χ2n) is 7.64. The van der Waals surface area contributed by atoms with Crippen LogP contribution in [-0.4, -0.2) is 51.4 Å². The van der Waals surface area contributed by atoms with E-state index in [9.17, 15) is 9.18 Å². The summed E-state index contributed by atoms with van der Waals surface area (Å²) in [6.45, 7) is 3.58. The standard InChI is InChI=1S/C19H21FN6O/c20-13-3-1-2-12-15(13)24-18(21)26-10-14(23-16(12)26)17(27)25-8-5-19(6-9-25)4-7-22-11-19/h1-3,10,22H,4-9,11H2,(H2,21,24). The van der Waals surface area contributed by atoms with Gasteiger partial charge in [0.1, 0.15) is 22.7 Å². The van der Waals surface area contributed by atoms with Gasteiger partial charge in [0.15, 0.2) is 0 Å². The lowest BCUT2D eigenvalue weighted by molar-refractivity contribution is 0.0602. The zero-order valence-corrected chi connectivity index (χ0v) is 14.9. The van der Waals surface area contributed by atoms with Crippen molar-refractivity contribution in [2.45, 2.75) is 19.3 Å². The molecule has 0 bridgehead atoms. The van der Waals surface area contributed by atoms with Gasteiger partial charge < -0.3 is 16.0 Å². The Morgan fingerprint density at radius 3 is 2.78 bits per heavy atom. The number of nitrogen functional groups attached to an aromatic ring is 1. The molecule has 0 radical (unpaired) electrons. The molecular formula is C19H21FN6O. The van der Waals surface area contributed by atoms with Crippen molar-refractivity contribution in [3.63, 3.8) is 0 Å². The van der Waals surface area contributed by atoms with Gasteiger partial charge in [-0.2, -0.15) is 0 Å². The summed E-state index contributed by atoms with van der Waals surface area (Å²) in [6.07, 6.45) is 4.81. The van der Waals surface area contributed by atoms with E-state index < -0.39 is 5.82 Å². The van der Waals surface area contributed by atoms with Crippen LogP contribution >= 0.6 is 0 Å². The number of nitrogens with one attached hydrogen (secondary N) is 1. The summed E-state index contributed by atoms with van der Waals surface area (Å²) in [5.74, 6) is -0.448. The number of para-hydroxylation sites is 1. The van der Waals surface area contributed by atoms with Crippen LogP contribution in [0.1, 0.15) is 29.8 Å². The monoisotopic (exact) mass is 368 g/mol. The number of nitrogens with two attached hydrogens (primary N) is 1. The van der Waals surface area contributed by atoms with Crippen LogP contribution in [0.2, 0.25) is 0 Å². The second kappa shape index (κ2) is 5.88. The SMILES string of the molecule is Nc1nc2c(F)cccc2c2nc(C(=O)N3CCC4(CCNC4)CC3)cn12. The number of hydrogen-bond donors (Lipinski definition) is 2. The van der Waals surface area contributed by atoms with E-state index in [0.717, 1.165) is 39.0 Å². The van der Waals surface area contributed by atoms with E-state index in [2.05, 4.69) is 15.3 Å². The van der Waals surface area contributed by atoms with Crippen molar-refractivity contribution in [2.75, 3.05) is 31.9 Å². The molecule has 2 aliphatic rings. The van der Waals surface area contributed by atoms with Gasteiger partial charge in [0.05, 0.1) is 0 Å². The first-order valence-electron chi connectivity index (χ1n) is 9.29. The number of piperidine rings is 1. The zero-order chi connectivity index (χ0) is 18.6. The van der Waals surface area contributed by atoms with E-state index in [1.165, 1.54) is 12.5 Å². The van der Waals surface area contributed by atoms with Crippen molar-refractivity contribution in [1.29, 1.82) is 0 Å². The van der Waals surface area contributed by atoms with Crippen LogP contribution in [0.25, 0.3) is 16.6 Å². The van der Waals surface area contributed by atoms with Gasteiger partial charge in [-0.3, -0.25) is 9.20 Å². The van der Waals surface area contributed by atoms with E-state index in [0.29, 0.717) is 22.1 Å². The lowest BCUT2D eigenvalue weighted by atomic mass is 9.78. The van der Waals surface area contributed by atoms with Crippen LogP contribution in [0.15, 0.2) is 24.4 Å². The Bertz CT molecular complexity index is 1050. The maximum atomic E-state index is 14.1. The summed E-state index contributed by atoms with van der Waals surface area (Å²) < 4.78 is 15.6. The fourth-order valence-corrected chi connectivity index (χ4v) is 4.39. The third-order valence-electron chi connectivity index (χ3n) is 6.07. The molecule has 7 nitrogen and oxygen atoms in total. The minimum Gasteiger partial charge on any atom is -0.369 e. The normalized spacial score (nSPS) is 19.4. The molecule has 2 saturated heterocycles. The molecule has 4 heterocycles. The molecule has 0 saturated carbocycles. The number of carbonyl (C=O) groups excluding carboxylic acids is 1. The van der Waals surface area contributed by atoms with Crippen LogP contribution in [0.3, 0.4) is 0 Å². The minimum absolute atomic E-state index is 0.108. The zero-order valence-electron chi connectivity index (χ0n) is 14.9. The Morgan fingerprint density at radius 2 is 2.04 bits per heavy atom. The van der Waals surface area contributed by atoms with Gasteiger partial charge in [0.2, 0.25) is 5.95 Å². The number of fused-ring (bicyclic) bond motifs is 3. The lowest BCUT2D eigenvalue weighted by Gasteiger charge is -2.38. The molecule has 2 aliphatic heterocycles. The highest BCUT2D eigenvalue weighted by Crippen LogP contribution is 2.37. The van der Waals surface area contributed by atoms with E-state index in [1.54, 1.807) is 22.7 Å². The van der Waals surface area contributed by atoms with Crippen LogP contribution in [0, 0.1) is 11.2 Å². The minimum atomic E-state index is -0.455. The largest absolute Gasteiger partial charge is 0.369 e. The highest BCUT2D eigenvalue weighted by Gasteiger charge is 2.38. The van der Waals surface area contributed by atoms with E-state index >= 15 is 0 Å². The second-order valence-corrected chi connectivity index (χ2v) is 7.64. The molecule has 140 valence electrons. The molecular weight excluding hydrogens is 347 g/mol. The van der Waals surface area contributed by atoms with Crippen LogP contribution in [-0.2, 0) is 0 Å². The molecule has 1 spiro atoms. The molecule has 3 N–H and O–H groups in total. The Balaban J connectivity index is 1.48. The van der Waals surface area contributed by atoms with Gasteiger partial charge in [0, 0.05) is 31.2 Å². The number of carbonyl (C=O) groups is 1. The first-order valence-corrected chi connectivity index (χ1v) is 9.29. The summed E-state index contributed by atoms with van der Waals surface area (Å²) in [5.41, 5.74) is 7.26. The molecule has 5 rings (SSSR count). The van der Waals surface area contributed by atoms with Crippen molar-refractivity contribution in [1.82, 2.24) is 24.6 Å². The Hall–Kier alpha value is -2.74. The molecule has 3 aromatic rings. The molecule has 27 heavy (non-hydrogen) atoms. The highest BCUT2D eigenvalue weighted by molar-refractivity contribution is 5.97. The maximum Gasteiger partial charge on any atom is 0.274 e. The molecule has 0 aliphatic carbocycles. The summed E-state index contributed by atoms with van der Waals surface area (Å²) in [4.78, 5) is 23.5. The average Bonchev–Trinajstić information content (AvgIpc) is 3.31. The number of rotatable bonds is 1. The number of likely N-dealkylation sites (tertiary alicyclic amines) is 1. The topological polar surface area (TPSA) is 88.5 Å². The fourth-order valence-electron chi connectivity index (χ4n) is 4.39. The number of hydrogen-bond acceptors (Lipinski definition) is 5. The van der Waals surface area contributed by atoms with Crippen molar-refractivity contribution in [2.24, 2.45) is 5.41 Å². The summed E-state index contributed by atoms with van der Waals surface area (Å²) in [7, 11) is 0. The molecule has 0 unspecified atom stereocenters. The molecule has 1 amide bonds. The van der Waals surface area contributed by atoms with Crippen molar-refractivity contribution < 1.29 is 9.18 Å². The number of aromatic nitrogens is 3. The fraction of sp³-hybridized carbons (Fsp3) is 0.421. The Labute approximate surface area is 155 Å². The first kappa shape index (κ1) is 16.4. The lowest BCUT2D eigenvalue weighted by Crippen LogP contribution is -2.44. The predicted molar refractivity (Wildman–Crippen MR) is 99.9 cm³/mol. The van der Waals surface area contributed by atoms with Crippen molar-refractivity contribution in [3.8, 4) is 0 Å². The number of halogens is 1. The van der Waals surface area contributed by atoms with Crippen LogP contribution < -0.4 is 11.1 Å². The molecule has 1 aromatic carbocycles. The van der Waals surface area contributed by atoms with Crippen LogP contribution in [0.4, 0.5) is 10.3 Å². The van der Waals surface area contributed by atoms with Crippen molar-refractivity contribution >= 4 is 28.4 Å². The van der Waals surface area contributed by atoms with E-state index in [1.807, 2.05) is 4.90 Å². The number of amides is 1. The smallest absolute Gasteiger partial charge is 0.274 e. The number of nitrogens with zero attached hydrogens (tertiary/aromatic N) is 4. The van der Waals surface area contributed by atoms with Gasteiger partial charge in [-0.25, -0.2) is 14.4 Å². The van der Waals surface area contributed by atoms with Gasteiger partial charge >= 0.3 is 0 Å². The summed E-state index contributed by atoms with van der Waals surface area (Å²) in [5, 5.41) is 3.97. The number of benzene rings is 1. The number of imidazole rings is 1. The molecule has 0 atom stereocenters. The Morgan fingerprint density at radius 1 is 1.22 bits per heavy atom. The van der Waals surface area contributed by atoms with Gasteiger partial charge in [0.25, 0.3) is 5.91 Å².